The van der Waals surface area contributed by atoms with Crippen LogP contribution in [0.2, 0.25) is 13.1 Å². The van der Waals surface area contributed by atoms with Crippen molar-refractivity contribution in [3.8, 4) is 78.3 Å². The standard InChI is InChI=1S/C48H36N2Si/c1-51(2)44-28-10-9-27-43(44)45-46(41-25-13-20-36(31-41)34-17-7-4-8-18-34)49-47(50-48(45)51)42-26-14-24-40(32-42)39-23-12-22-38(30-39)37-21-11-19-35(29-37)33-15-5-3-6-16-33/h3-32H,1-2H3. The minimum Gasteiger partial charge on any atom is -0.237 e. The first-order valence-corrected chi connectivity index (χ1v) is 20.6. The van der Waals surface area contributed by atoms with Crippen LogP contribution in [-0.2, 0) is 0 Å². The SMILES string of the molecule is C[Si]1(C)c2ccccc2-c2c(-c3cccc(-c4ccccc4)c3)nc(-c3cccc(-c4cccc(-c5cccc(-c6ccccc6)c5)c4)c3)nc21. The lowest BCUT2D eigenvalue weighted by Crippen LogP contribution is -2.50. The lowest BCUT2D eigenvalue weighted by atomic mass is 9.95. The molecule has 0 fully saturated rings. The summed E-state index contributed by atoms with van der Waals surface area (Å²) in [4.78, 5) is 10.9. The van der Waals surface area contributed by atoms with Gasteiger partial charge >= 0.3 is 0 Å². The van der Waals surface area contributed by atoms with Crippen LogP contribution < -0.4 is 10.5 Å². The minimum atomic E-state index is -2.09. The lowest BCUT2D eigenvalue weighted by molar-refractivity contribution is 1.21. The van der Waals surface area contributed by atoms with Gasteiger partial charge in [0, 0.05) is 22.0 Å². The third-order valence-corrected chi connectivity index (χ3v) is 13.6. The second kappa shape index (κ2) is 12.6. The normalized spacial score (nSPS) is 12.7. The van der Waals surface area contributed by atoms with Crippen LogP contribution in [0, 0.1) is 0 Å². The molecule has 0 amide bonds. The minimum absolute atomic E-state index is 0.774. The summed E-state index contributed by atoms with van der Waals surface area (Å²) in [6.45, 7) is 4.85. The largest absolute Gasteiger partial charge is 0.237 e. The third kappa shape index (κ3) is 5.62. The Bertz CT molecular complexity index is 2550. The van der Waals surface area contributed by atoms with E-state index in [1.807, 2.05) is 0 Å². The van der Waals surface area contributed by atoms with Crippen molar-refractivity contribution in [2.45, 2.75) is 13.1 Å². The van der Waals surface area contributed by atoms with Crippen LogP contribution >= 0.6 is 0 Å². The zero-order chi connectivity index (χ0) is 34.4. The van der Waals surface area contributed by atoms with Crippen molar-refractivity contribution in [2.75, 3.05) is 0 Å². The van der Waals surface area contributed by atoms with Gasteiger partial charge in [0.1, 0.15) is 8.07 Å². The highest BCUT2D eigenvalue weighted by molar-refractivity contribution is 7.03. The molecule has 0 aliphatic carbocycles. The second-order valence-electron chi connectivity index (χ2n) is 13.8. The highest BCUT2D eigenvalue weighted by atomic mass is 28.3. The van der Waals surface area contributed by atoms with E-state index in [0.29, 0.717) is 0 Å². The first-order valence-electron chi connectivity index (χ1n) is 17.6. The van der Waals surface area contributed by atoms with Gasteiger partial charge < -0.3 is 0 Å². The summed E-state index contributed by atoms with van der Waals surface area (Å²) in [6, 6.07) is 65.2. The van der Waals surface area contributed by atoms with E-state index in [2.05, 4.69) is 195 Å². The number of aromatic nitrogens is 2. The van der Waals surface area contributed by atoms with Gasteiger partial charge in [-0.25, -0.2) is 9.97 Å². The van der Waals surface area contributed by atoms with E-state index in [-0.39, 0.29) is 0 Å². The Balaban J connectivity index is 1.15. The van der Waals surface area contributed by atoms with Gasteiger partial charge in [0.2, 0.25) is 0 Å². The van der Waals surface area contributed by atoms with Gasteiger partial charge in [0.25, 0.3) is 0 Å². The molecule has 0 N–H and O–H groups in total. The van der Waals surface area contributed by atoms with Crippen LogP contribution in [0.5, 0.6) is 0 Å². The summed E-state index contributed by atoms with van der Waals surface area (Å²) in [5, 5.41) is 2.63. The number of hydrogen-bond donors (Lipinski definition) is 0. The first-order chi connectivity index (χ1) is 25.0. The molecule has 0 spiro atoms. The Morgan fingerprint density at radius 3 is 1.29 bits per heavy atom. The van der Waals surface area contributed by atoms with Crippen molar-refractivity contribution in [2.24, 2.45) is 0 Å². The number of rotatable bonds is 6. The van der Waals surface area contributed by atoms with Gasteiger partial charge in [-0.1, -0.05) is 171 Å². The number of benzene rings is 7. The average Bonchev–Trinajstić information content (AvgIpc) is 3.44. The molecule has 1 aromatic heterocycles. The van der Waals surface area contributed by atoms with Crippen molar-refractivity contribution >= 4 is 18.6 Å². The molecule has 7 aromatic carbocycles. The molecule has 0 atom stereocenters. The number of hydrogen-bond acceptors (Lipinski definition) is 2. The molecule has 0 radical (unpaired) electrons. The summed E-state index contributed by atoms with van der Waals surface area (Å²) >= 11 is 0. The lowest BCUT2D eigenvalue weighted by Gasteiger charge is -2.19. The topological polar surface area (TPSA) is 25.8 Å². The maximum absolute atomic E-state index is 5.45. The molecule has 0 bridgehead atoms. The zero-order valence-electron chi connectivity index (χ0n) is 28.7. The Labute approximate surface area is 300 Å². The van der Waals surface area contributed by atoms with Crippen molar-refractivity contribution in [1.82, 2.24) is 9.97 Å². The van der Waals surface area contributed by atoms with Crippen LogP contribution in [0.15, 0.2) is 182 Å². The Hall–Kier alpha value is -6.16. The van der Waals surface area contributed by atoms with Crippen LogP contribution in [0.1, 0.15) is 0 Å². The molecule has 0 unspecified atom stereocenters. The zero-order valence-corrected chi connectivity index (χ0v) is 29.7. The number of fused-ring (bicyclic) bond motifs is 3. The molecule has 0 saturated carbocycles. The van der Waals surface area contributed by atoms with Gasteiger partial charge in [-0.2, -0.15) is 0 Å². The van der Waals surface area contributed by atoms with Gasteiger partial charge in [0.05, 0.1) is 5.69 Å². The summed E-state index contributed by atoms with van der Waals surface area (Å²) in [7, 11) is -2.09. The van der Waals surface area contributed by atoms with Crippen molar-refractivity contribution in [1.29, 1.82) is 0 Å². The predicted octanol–water partition coefficient (Wildman–Crippen LogP) is 11.3. The smallest absolute Gasteiger partial charge is 0.159 e. The fraction of sp³-hybridized carbons (Fsp3) is 0.0417. The van der Waals surface area contributed by atoms with Gasteiger partial charge in [-0.05, 0) is 79.5 Å². The Morgan fingerprint density at radius 2 is 0.745 bits per heavy atom. The highest BCUT2D eigenvalue weighted by Crippen LogP contribution is 2.38. The van der Waals surface area contributed by atoms with E-state index < -0.39 is 8.07 Å². The monoisotopic (exact) mass is 668 g/mol. The Morgan fingerprint density at radius 1 is 0.353 bits per heavy atom. The molecule has 8 aromatic rings. The van der Waals surface area contributed by atoms with Crippen LogP contribution in [0.25, 0.3) is 78.3 Å². The molecule has 242 valence electrons. The molecule has 9 rings (SSSR count). The van der Waals surface area contributed by atoms with Gasteiger partial charge in [-0.15, -0.1) is 0 Å². The number of nitrogens with zero attached hydrogens (tertiary/aromatic N) is 2. The van der Waals surface area contributed by atoms with Crippen LogP contribution in [-0.4, -0.2) is 18.0 Å². The van der Waals surface area contributed by atoms with Gasteiger partial charge in [0.15, 0.2) is 5.82 Å². The molecular weight excluding hydrogens is 633 g/mol. The first kappa shape index (κ1) is 30.9. The predicted molar refractivity (Wildman–Crippen MR) is 217 cm³/mol. The average molecular weight is 669 g/mol. The van der Waals surface area contributed by atoms with Crippen molar-refractivity contribution in [3.05, 3.63) is 182 Å². The fourth-order valence-electron chi connectivity index (χ4n) is 7.58. The molecule has 2 heterocycles. The second-order valence-corrected chi connectivity index (χ2v) is 18.1. The molecule has 0 saturated heterocycles. The van der Waals surface area contributed by atoms with E-state index in [9.17, 15) is 0 Å². The maximum Gasteiger partial charge on any atom is 0.159 e. The van der Waals surface area contributed by atoms with Crippen molar-refractivity contribution in [3.63, 3.8) is 0 Å². The molecule has 1 aliphatic rings. The van der Waals surface area contributed by atoms with E-state index in [0.717, 1.165) is 28.2 Å². The molecule has 3 heteroatoms. The van der Waals surface area contributed by atoms with E-state index in [4.69, 9.17) is 9.97 Å². The summed E-state index contributed by atoms with van der Waals surface area (Å²) in [5.41, 5.74) is 15.1. The summed E-state index contributed by atoms with van der Waals surface area (Å²) in [6.07, 6.45) is 0. The Kier molecular flexibility index (Phi) is 7.64. The maximum atomic E-state index is 5.45. The highest BCUT2D eigenvalue weighted by Gasteiger charge is 2.41. The quantitative estimate of drug-likeness (QED) is 0.165. The van der Waals surface area contributed by atoms with Gasteiger partial charge in [-0.3, -0.25) is 0 Å². The molecule has 1 aliphatic heterocycles. The molecule has 51 heavy (non-hydrogen) atoms. The summed E-state index contributed by atoms with van der Waals surface area (Å²) in [5.74, 6) is 0.774. The third-order valence-electron chi connectivity index (χ3n) is 10.2. The summed E-state index contributed by atoms with van der Waals surface area (Å²) < 4.78 is 0. The molecular formula is C48H36N2Si. The van der Waals surface area contributed by atoms with Crippen LogP contribution in [0.3, 0.4) is 0 Å². The van der Waals surface area contributed by atoms with E-state index in [1.54, 1.807) is 0 Å². The fourth-order valence-corrected chi connectivity index (χ4v) is 10.5. The molecule has 2 nitrogen and oxygen atoms in total. The van der Waals surface area contributed by atoms with E-state index >= 15 is 0 Å². The van der Waals surface area contributed by atoms with E-state index in [1.165, 1.54) is 60.6 Å². The van der Waals surface area contributed by atoms with Crippen molar-refractivity contribution < 1.29 is 0 Å². The van der Waals surface area contributed by atoms with Crippen LogP contribution in [0.4, 0.5) is 0 Å².